The van der Waals surface area contributed by atoms with Crippen LogP contribution in [0.5, 0.6) is 0 Å². The minimum absolute atomic E-state index is 0.250. The molecule has 0 aliphatic carbocycles. The zero-order valence-electron chi connectivity index (χ0n) is 11.6. The monoisotopic (exact) mass is 315 g/mol. The van der Waals surface area contributed by atoms with Crippen molar-refractivity contribution in [1.29, 1.82) is 0 Å². The lowest BCUT2D eigenvalue weighted by atomic mass is 10.1. The topological polar surface area (TPSA) is 84.2 Å². The van der Waals surface area contributed by atoms with Gasteiger partial charge in [0.05, 0.1) is 16.3 Å². The Kier molecular flexibility index (Phi) is 5.17. The van der Waals surface area contributed by atoms with Crippen molar-refractivity contribution in [3.8, 4) is 0 Å². The molecule has 0 spiro atoms. The predicted octanol–water partition coefficient (Wildman–Crippen LogP) is 1.87. The Bertz CT molecular complexity index is 555. The summed E-state index contributed by atoms with van der Waals surface area (Å²) in [6.45, 7) is 2.13. The standard InChI is InChI=1S/C13H21N3O2S2/c1-2-15-20(17,18)11-5-6-12(14)13(8-11)16-10-4-3-7-19-9-10/h5-6,8,10,15-16H,2-4,7,9,14H2,1H3. The van der Waals surface area contributed by atoms with Gasteiger partial charge >= 0.3 is 0 Å². The fourth-order valence-electron chi connectivity index (χ4n) is 2.18. The second kappa shape index (κ2) is 6.69. The van der Waals surface area contributed by atoms with E-state index in [4.69, 9.17) is 5.73 Å². The van der Waals surface area contributed by atoms with Crippen LogP contribution in [-0.2, 0) is 10.0 Å². The van der Waals surface area contributed by atoms with Crippen LogP contribution in [0.25, 0.3) is 0 Å². The van der Waals surface area contributed by atoms with Crippen LogP contribution in [0.15, 0.2) is 23.1 Å². The Morgan fingerprint density at radius 2 is 2.25 bits per heavy atom. The number of nitrogen functional groups attached to an aromatic ring is 1. The third kappa shape index (κ3) is 3.80. The minimum atomic E-state index is -3.44. The van der Waals surface area contributed by atoms with Crippen LogP contribution in [0.1, 0.15) is 19.8 Å². The van der Waals surface area contributed by atoms with Gasteiger partial charge in [0.2, 0.25) is 10.0 Å². The van der Waals surface area contributed by atoms with Crippen LogP contribution in [-0.4, -0.2) is 32.5 Å². The van der Waals surface area contributed by atoms with Gasteiger partial charge in [0.15, 0.2) is 0 Å². The van der Waals surface area contributed by atoms with Crippen molar-refractivity contribution >= 4 is 33.2 Å². The SMILES string of the molecule is CCNS(=O)(=O)c1ccc(N)c(NC2CCCSC2)c1. The van der Waals surface area contributed by atoms with Crippen molar-refractivity contribution in [1.82, 2.24) is 4.72 Å². The third-order valence-corrected chi connectivity index (χ3v) is 5.95. The molecule has 1 fully saturated rings. The maximum absolute atomic E-state index is 12.0. The Labute approximate surface area is 124 Å². The molecule has 2 rings (SSSR count). The molecule has 1 aliphatic rings. The molecule has 0 saturated carbocycles. The summed E-state index contributed by atoms with van der Waals surface area (Å²) in [6, 6.07) is 5.15. The van der Waals surface area contributed by atoms with E-state index in [2.05, 4.69) is 10.0 Å². The molecule has 1 aromatic rings. The number of hydrogen-bond donors (Lipinski definition) is 3. The number of benzene rings is 1. The van der Waals surface area contributed by atoms with Crippen LogP contribution < -0.4 is 15.8 Å². The Hall–Kier alpha value is -0.920. The fourth-order valence-corrected chi connectivity index (χ4v) is 4.31. The third-order valence-electron chi connectivity index (χ3n) is 3.19. The van der Waals surface area contributed by atoms with Gasteiger partial charge in [-0.25, -0.2) is 13.1 Å². The van der Waals surface area contributed by atoms with E-state index < -0.39 is 10.0 Å². The second-order valence-electron chi connectivity index (χ2n) is 4.81. The van der Waals surface area contributed by atoms with E-state index in [0.717, 1.165) is 12.2 Å². The number of anilines is 2. The average molecular weight is 315 g/mol. The highest BCUT2D eigenvalue weighted by atomic mass is 32.2. The van der Waals surface area contributed by atoms with Crippen LogP contribution in [0.3, 0.4) is 0 Å². The van der Waals surface area contributed by atoms with Crippen LogP contribution in [0.4, 0.5) is 11.4 Å². The molecule has 112 valence electrons. The highest BCUT2D eigenvalue weighted by molar-refractivity contribution is 7.99. The number of nitrogens with one attached hydrogen (secondary N) is 2. The van der Waals surface area contributed by atoms with Gasteiger partial charge < -0.3 is 11.1 Å². The smallest absolute Gasteiger partial charge is 0.240 e. The molecule has 20 heavy (non-hydrogen) atoms. The summed E-state index contributed by atoms with van der Waals surface area (Å²) in [5.74, 6) is 2.23. The van der Waals surface area contributed by atoms with E-state index in [1.165, 1.54) is 18.2 Å². The van der Waals surface area contributed by atoms with Crippen molar-refractivity contribution in [3.63, 3.8) is 0 Å². The maximum Gasteiger partial charge on any atom is 0.240 e. The normalized spacial score (nSPS) is 19.8. The lowest BCUT2D eigenvalue weighted by Crippen LogP contribution is -2.27. The first-order valence-corrected chi connectivity index (χ1v) is 9.40. The summed E-state index contributed by atoms with van der Waals surface area (Å²) in [5, 5.41) is 3.37. The van der Waals surface area contributed by atoms with E-state index >= 15 is 0 Å². The Morgan fingerprint density at radius 1 is 1.45 bits per heavy atom. The number of rotatable bonds is 5. The van der Waals surface area contributed by atoms with Gasteiger partial charge in [0.25, 0.3) is 0 Å². The first-order chi connectivity index (χ1) is 9.53. The van der Waals surface area contributed by atoms with E-state index in [1.807, 2.05) is 11.8 Å². The summed E-state index contributed by atoms with van der Waals surface area (Å²) in [6.07, 6.45) is 2.27. The highest BCUT2D eigenvalue weighted by Crippen LogP contribution is 2.26. The number of nitrogens with two attached hydrogens (primary N) is 1. The van der Waals surface area contributed by atoms with Crippen molar-refractivity contribution in [3.05, 3.63) is 18.2 Å². The van der Waals surface area contributed by atoms with Crippen molar-refractivity contribution < 1.29 is 8.42 Å². The number of thioether (sulfide) groups is 1. The first kappa shape index (κ1) is 15.5. The minimum Gasteiger partial charge on any atom is -0.397 e. The zero-order valence-corrected chi connectivity index (χ0v) is 13.2. The number of hydrogen-bond acceptors (Lipinski definition) is 5. The molecule has 1 aliphatic heterocycles. The molecule has 0 aromatic heterocycles. The largest absolute Gasteiger partial charge is 0.397 e. The molecule has 4 N–H and O–H groups in total. The number of sulfonamides is 1. The van der Waals surface area contributed by atoms with E-state index in [9.17, 15) is 8.42 Å². The summed E-state index contributed by atoms with van der Waals surface area (Å²) in [4.78, 5) is 0.250. The Balaban J connectivity index is 2.20. The fraction of sp³-hybridized carbons (Fsp3) is 0.538. The quantitative estimate of drug-likeness (QED) is 0.723. The molecule has 1 atom stereocenters. The molecule has 0 amide bonds. The van der Waals surface area contributed by atoms with Gasteiger partial charge in [-0.2, -0.15) is 11.8 Å². The van der Waals surface area contributed by atoms with Gasteiger partial charge in [-0.15, -0.1) is 0 Å². The van der Waals surface area contributed by atoms with Gasteiger partial charge in [-0.3, -0.25) is 0 Å². The second-order valence-corrected chi connectivity index (χ2v) is 7.73. The van der Waals surface area contributed by atoms with Crippen LogP contribution in [0, 0.1) is 0 Å². The van der Waals surface area contributed by atoms with Gasteiger partial charge in [-0.05, 0) is 36.8 Å². The maximum atomic E-state index is 12.0. The summed E-state index contributed by atoms with van der Waals surface area (Å²) in [7, 11) is -3.44. The van der Waals surface area contributed by atoms with Crippen molar-refractivity contribution in [2.45, 2.75) is 30.7 Å². The molecule has 1 heterocycles. The van der Waals surface area contributed by atoms with Gasteiger partial charge in [0, 0.05) is 18.3 Å². The van der Waals surface area contributed by atoms with E-state index in [-0.39, 0.29) is 4.90 Å². The molecule has 7 heteroatoms. The molecule has 0 radical (unpaired) electrons. The average Bonchev–Trinajstić information content (AvgIpc) is 2.42. The molecule has 0 bridgehead atoms. The van der Waals surface area contributed by atoms with E-state index in [0.29, 0.717) is 24.0 Å². The molecular weight excluding hydrogens is 294 g/mol. The summed E-state index contributed by atoms with van der Waals surface area (Å²) < 4.78 is 26.5. The van der Waals surface area contributed by atoms with Crippen molar-refractivity contribution in [2.75, 3.05) is 29.1 Å². The molecule has 1 saturated heterocycles. The first-order valence-electron chi connectivity index (χ1n) is 6.76. The summed E-state index contributed by atoms with van der Waals surface area (Å²) >= 11 is 1.91. The van der Waals surface area contributed by atoms with Crippen LogP contribution in [0.2, 0.25) is 0 Å². The predicted molar refractivity (Wildman–Crippen MR) is 85.7 cm³/mol. The van der Waals surface area contributed by atoms with Gasteiger partial charge in [-0.1, -0.05) is 6.92 Å². The Morgan fingerprint density at radius 3 is 2.90 bits per heavy atom. The lowest BCUT2D eigenvalue weighted by molar-refractivity contribution is 0.584. The van der Waals surface area contributed by atoms with Crippen molar-refractivity contribution in [2.24, 2.45) is 0 Å². The summed E-state index contributed by atoms with van der Waals surface area (Å²) in [5.41, 5.74) is 7.22. The molecule has 5 nitrogen and oxygen atoms in total. The highest BCUT2D eigenvalue weighted by Gasteiger charge is 2.17. The van der Waals surface area contributed by atoms with Crippen LogP contribution >= 0.6 is 11.8 Å². The lowest BCUT2D eigenvalue weighted by Gasteiger charge is -2.24. The molecular formula is C13H21N3O2S2. The molecule has 1 aromatic carbocycles. The van der Waals surface area contributed by atoms with E-state index in [1.54, 1.807) is 19.1 Å². The van der Waals surface area contributed by atoms with Gasteiger partial charge in [0.1, 0.15) is 0 Å². The zero-order chi connectivity index (χ0) is 14.6. The molecule has 1 unspecified atom stereocenters.